The third-order valence-corrected chi connectivity index (χ3v) is 7.17. The average Bonchev–Trinajstić information content (AvgIpc) is 2.70. The molecule has 0 saturated heterocycles. The number of aromatic nitrogens is 1. The number of anilines is 1. The van der Waals surface area contributed by atoms with Gasteiger partial charge < -0.3 is 15.2 Å². The highest BCUT2D eigenvalue weighted by Crippen LogP contribution is 2.52. The number of amides is 2. The van der Waals surface area contributed by atoms with Crippen LogP contribution in [0.1, 0.15) is 17.3 Å². The predicted octanol–water partition coefficient (Wildman–Crippen LogP) is 5.07. The van der Waals surface area contributed by atoms with Gasteiger partial charge in [0.25, 0.3) is 5.56 Å². The first-order valence-corrected chi connectivity index (χ1v) is 11.5. The summed E-state index contributed by atoms with van der Waals surface area (Å²) in [7, 11) is -1.88. The number of aromatic amines is 1. The smallest absolute Gasteiger partial charge is 0.322 e. The minimum absolute atomic E-state index is 0.0621. The lowest BCUT2D eigenvalue weighted by Crippen LogP contribution is -2.40. The van der Waals surface area contributed by atoms with E-state index >= 15 is 0 Å². The summed E-state index contributed by atoms with van der Waals surface area (Å²) in [6.45, 7) is 0. The Kier molecular flexibility index (Phi) is 5.61. The fourth-order valence-electron chi connectivity index (χ4n) is 3.75. The summed E-state index contributed by atoms with van der Waals surface area (Å²) in [5.41, 5.74) is -0.134. The van der Waals surface area contributed by atoms with Crippen molar-refractivity contribution in [2.45, 2.75) is 11.8 Å². The maximum Gasteiger partial charge on any atom is 0.322 e. The standard InChI is InChI=1S/C20H17ClF3N3O4S/c1-27(20(29)25-9-2-3-13(22)12(21)4-9)17-8-32(30,31)7-16-18(17)10-5-14(23)15(24)6-11(10)19(28)26-16/h2-6,17,30-31H,7-8H2,1H3,(H,25,29)(H,26,28). The SMILES string of the molecule is CN(C(=O)Nc1ccc(F)c(Cl)c1)C1CS(O)(O)Cc2[nH]c(=O)c3cc(F)c(F)cc3c21. The molecule has 3 aromatic rings. The van der Waals surface area contributed by atoms with E-state index in [2.05, 4.69) is 10.3 Å². The number of carbonyl (C=O) groups is 1. The van der Waals surface area contributed by atoms with E-state index in [1.165, 1.54) is 19.2 Å². The van der Waals surface area contributed by atoms with Crippen molar-refractivity contribution < 1.29 is 27.1 Å². The van der Waals surface area contributed by atoms with Crippen LogP contribution in [0.4, 0.5) is 23.7 Å². The molecule has 12 heteroatoms. The minimum Gasteiger partial charge on any atom is -0.324 e. The molecule has 7 nitrogen and oxygen atoms in total. The van der Waals surface area contributed by atoms with Gasteiger partial charge in [0.05, 0.1) is 28.0 Å². The molecule has 4 rings (SSSR count). The van der Waals surface area contributed by atoms with Crippen molar-refractivity contribution >= 4 is 44.7 Å². The number of halogens is 4. The van der Waals surface area contributed by atoms with E-state index in [0.29, 0.717) is 0 Å². The Hall–Kier alpha value is -2.73. The second-order valence-corrected chi connectivity index (χ2v) is 10.1. The highest BCUT2D eigenvalue weighted by Gasteiger charge is 2.37. The number of fused-ring (bicyclic) bond motifs is 3. The fourth-order valence-corrected chi connectivity index (χ4v) is 5.63. The monoisotopic (exact) mass is 487 g/mol. The number of hydrogen-bond acceptors (Lipinski definition) is 4. The molecule has 0 spiro atoms. The number of pyridine rings is 1. The van der Waals surface area contributed by atoms with Crippen LogP contribution in [0.5, 0.6) is 0 Å². The Morgan fingerprint density at radius 1 is 1.16 bits per heavy atom. The molecule has 2 heterocycles. The largest absolute Gasteiger partial charge is 0.324 e. The molecule has 1 aromatic heterocycles. The van der Waals surface area contributed by atoms with Crippen molar-refractivity contribution in [3.05, 3.63) is 74.4 Å². The van der Waals surface area contributed by atoms with Gasteiger partial charge in [-0.15, -0.1) is 0 Å². The quantitative estimate of drug-likeness (QED) is 0.405. The van der Waals surface area contributed by atoms with Crippen LogP contribution in [-0.2, 0) is 5.75 Å². The summed E-state index contributed by atoms with van der Waals surface area (Å²) in [5.74, 6) is -3.65. The number of nitrogens with one attached hydrogen (secondary N) is 2. The zero-order valence-corrected chi connectivity index (χ0v) is 18.0. The van der Waals surface area contributed by atoms with Gasteiger partial charge in [-0.1, -0.05) is 11.6 Å². The second kappa shape index (κ2) is 8.00. The van der Waals surface area contributed by atoms with E-state index < -0.39 is 45.7 Å². The van der Waals surface area contributed by atoms with Gasteiger partial charge in [-0.3, -0.25) is 13.9 Å². The van der Waals surface area contributed by atoms with Crippen molar-refractivity contribution in [2.24, 2.45) is 0 Å². The highest BCUT2D eigenvalue weighted by molar-refractivity contribution is 8.23. The maximum absolute atomic E-state index is 14.0. The number of urea groups is 1. The predicted molar refractivity (Wildman–Crippen MR) is 117 cm³/mol. The van der Waals surface area contributed by atoms with E-state index in [-0.39, 0.29) is 44.2 Å². The molecular weight excluding hydrogens is 471 g/mol. The fraction of sp³-hybridized carbons (Fsp3) is 0.200. The van der Waals surface area contributed by atoms with Gasteiger partial charge in [-0.25, -0.2) is 18.0 Å². The molecule has 0 radical (unpaired) electrons. The van der Waals surface area contributed by atoms with Crippen LogP contribution in [-0.4, -0.2) is 37.8 Å². The molecule has 32 heavy (non-hydrogen) atoms. The van der Waals surface area contributed by atoms with Crippen LogP contribution >= 0.6 is 22.2 Å². The van der Waals surface area contributed by atoms with Crippen LogP contribution in [0, 0.1) is 17.5 Å². The van der Waals surface area contributed by atoms with Gasteiger partial charge in [0.15, 0.2) is 11.6 Å². The van der Waals surface area contributed by atoms with Gasteiger partial charge in [0.2, 0.25) is 0 Å². The Labute approximate surface area is 186 Å². The van der Waals surface area contributed by atoms with Gasteiger partial charge >= 0.3 is 6.03 Å². The first-order valence-electron chi connectivity index (χ1n) is 9.23. The third-order valence-electron chi connectivity index (χ3n) is 5.28. The summed E-state index contributed by atoms with van der Waals surface area (Å²) < 4.78 is 62.0. The van der Waals surface area contributed by atoms with Gasteiger partial charge in [0, 0.05) is 24.0 Å². The van der Waals surface area contributed by atoms with E-state index in [9.17, 15) is 31.9 Å². The molecule has 1 unspecified atom stereocenters. The lowest BCUT2D eigenvalue weighted by Gasteiger charge is -2.44. The zero-order chi connectivity index (χ0) is 23.4. The molecular formula is C20H17ClF3N3O4S. The second-order valence-electron chi connectivity index (χ2n) is 7.46. The van der Waals surface area contributed by atoms with E-state index in [1.807, 2.05) is 0 Å². The van der Waals surface area contributed by atoms with Crippen molar-refractivity contribution in [1.82, 2.24) is 9.88 Å². The van der Waals surface area contributed by atoms with Crippen molar-refractivity contribution in [3.63, 3.8) is 0 Å². The topological polar surface area (TPSA) is 106 Å². The van der Waals surface area contributed by atoms with Crippen LogP contribution in [0.2, 0.25) is 5.02 Å². The normalized spacial score (nSPS) is 18.2. The first kappa shape index (κ1) is 22.5. The Balaban J connectivity index is 1.80. The molecule has 1 atom stereocenters. The maximum atomic E-state index is 14.0. The van der Waals surface area contributed by atoms with Gasteiger partial charge in [0.1, 0.15) is 5.82 Å². The molecule has 1 aliphatic heterocycles. The molecule has 170 valence electrons. The first-order chi connectivity index (χ1) is 15.0. The Morgan fingerprint density at radius 3 is 2.47 bits per heavy atom. The molecule has 2 aromatic carbocycles. The van der Waals surface area contributed by atoms with Gasteiger partial charge in [-0.05, 0) is 35.7 Å². The van der Waals surface area contributed by atoms with Crippen LogP contribution in [0.3, 0.4) is 0 Å². The molecule has 2 amide bonds. The van der Waals surface area contributed by atoms with Crippen molar-refractivity contribution in [2.75, 3.05) is 18.1 Å². The summed E-state index contributed by atoms with van der Waals surface area (Å²) in [4.78, 5) is 28.9. The molecule has 0 aliphatic carbocycles. The third kappa shape index (κ3) is 4.04. The minimum atomic E-state index is -3.24. The molecule has 0 fully saturated rings. The van der Waals surface area contributed by atoms with Crippen LogP contribution in [0.15, 0.2) is 35.1 Å². The van der Waals surface area contributed by atoms with Crippen LogP contribution < -0.4 is 10.9 Å². The van der Waals surface area contributed by atoms with Gasteiger partial charge in [-0.2, -0.15) is 10.6 Å². The summed E-state index contributed by atoms with van der Waals surface area (Å²) >= 11 is 5.74. The number of H-pyrrole nitrogens is 1. The lowest BCUT2D eigenvalue weighted by molar-refractivity contribution is 0.207. The van der Waals surface area contributed by atoms with Crippen LogP contribution in [0.25, 0.3) is 10.8 Å². The van der Waals surface area contributed by atoms with Crippen molar-refractivity contribution in [3.8, 4) is 0 Å². The average molecular weight is 488 g/mol. The summed E-state index contributed by atoms with van der Waals surface area (Å²) in [6.07, 6.45) is 0. The number of carbonyl (C=O) groups excluding carboxylic acids is 1. The number of hydrogen-bond donors (Lipinski definition) is 4. The summed E-state index contributed by atoms with van der Waals surface area (Å²) in [5, 5.41) is 2.24. The van der Waals surface area contributed by atoms with Crippen molar-refractivity contribution in [1.29, 1.82) is 0 Å². The zero-order valence-electron chi connectivity index (χ0n) is 16.5. The number of benzene rings is 2. The molecule has 4 N–H and O–H groups in total. The Morgan fingerprint density at radius 2 is 1.81 bits per heavy atom. The summed E-state index contributed by atoms with van der Waals surface area (Å²) in [6, 6.07) is 3.48. The number of rotatable bonds is 2. The molecule has 0 saturated carbocycles. The van der Waals surface area contributed by atoms with E-state index in [4.69, 9.17) is 11.6 Å². The molecule has 1 aliphatic rings. The molecule has 0 bridgehead atoms. The number of nitrogens with zero attached hydrogens (tertiary/aromatic N) is 1. The van der Waals surface area contributed by atoms with E-state index in [0.717, 1.165) is 23.1 Å². The highest BCUT2D eigenvalue weighted by atomic mass is 35.5. The lowest BCUT2D eigenvalue weighted by atomic mass is 9.97. The van der Waals surface area contributed by atoms with E-state index in [1.54, 1.807) is 0 Å². The Bertz CT molecular complexity index is 1320.